The molecule has 4 rings (SSSR count). The molecule has 0 radical (unpaired) electrons. The van der Waals surface area contributed by atoms with E-state index in [1.54, 1.807) is 23.5 Å². The molecule has 7 nitrogen and oxygen atoms in total. The quantitative estimate of drug-likeness (QED) is 0.717. The van der Waals surface area contributed by atoms with Gasteiger partial charge in [-0.1, -0.05) is 0 Å². The van der Waals surface area contributed by atoms with Gasteiger partial charge in [0, 0.05) is 31.4 Å². The monoisotopic (exact) mass is 356 g/mol. The van der Waals surface area contributed by atoms with Crippen LogP contribution in [0.25, 0.3) is 0 Å². The number of hydrogen-bond acceptors (Lipinski definition) is 5. The Morgan fingerprint density at radius 3 is 3.12 bits per heavy atom. The van der Waals surface area contributed by atoms with Gasteiger partial charge in [-0.15, -0.1) is 0 Å². The summed E-state index contributed by atoms with van der Waals surface area (Å²) in [4.78, 5) is 22.5. The fraction of sp³-hybridized carbons (Fsp3) is 0.278. The molecule has 0 saturated carbocycles. The van der Waals surface area contributed by atoms with E-state index in [2.05, 4.69) is 9.97 Å². The van der Waals surface area contributed by atoms with Gasteiger partial charge in [0.2, 0.25) is 5.88 Å². The number of fused-ring (bicyclic) bond motifs is 1. The molecule has 0 aliphatic carbocycles. The third-order valence-electron chi connectivity index (χ3n) is 4.32. The molecule has 4 heterocycles. The smallest absolute Gasteiger partial charge is 0.257 e. The van der Waals surface area contributed by atoms with Crippen LogP contribution in [0.15, 0.2) is 53.9 Å². The van der Waals surface area contributed by atoms with Crippen LogP contribution >= 0.6 is 0 Å². The summed E-state index contributed by atoms with van der Waals surface area (Å²) in [5, 5.41) is 0. The molecule has 1 atom stereocenters. The first-order chi connectivity index (χ1) is 12.7. The Morgan fingerprint density at radius 2 is 2.31 bits per heavy atom. The van der Waals surface area contributed by atoms with Crippen molar-refractivity contribution in [1.29, 1.82) is 0 Å². The van der Waals surface area contributed by atoms with Gasteiger partial charge in [0.05, 0.1) is 37.0 Å². The molecule has 0 N–H and O–H groups in total. The van der Waals surface area contributed by atoms with Crippen molar-refractivity contribution in [3.05, 3.63) is 66.5 Å². The van der Waals surface area contributed by atoms with Gasteiger partial charge < -0.3 is 18.6 Å². The Balaban J connectivity index is 1.53. The molecule has 1 aliphatic heterocycles. The highest BCUT2D eigenvalue weighted by Crippen LogP contribution is 2.20. The molecule has 0 fully saturated rings. The van der Waals surface area contributed by atoms with Crippen LogP contribution in [0.1, 0.15) is 16.1 Å². The minimum atomic E-state index is -0.504. The van der Waals surface area contributed by atoms with Crippen LogP contribution in [0.2, 0.25) is 0 Å². The molecule has 1 amide bonds. The van der Waals surface area contributed by atoms with Crippen LogP contribution in [-0.2, 0) is 13.1 Å². The lowest BCUT2D eigenvalue weighted by molar-refractivity contribution is 0.0698. The number of halogens is 1. The first-order valence-corrected chi connectivity index (χ1v) is 8.24. The molecule has 3 aromatic rings. The van der Waals surface area contributed by atoms with Gasteiger partial charge in [-0.25, -0.2) is 14.4 Å². The molecule has 1 unspecified atom stereocenters. The van der Waals surface area contributed by atoms with Gasteiger partial charge in [-0.2, -0.15) is 0 Å². The van der Waals surface area contributed by atoms with Crippen molar-refractivity contribution in [1.82, 2.24) is 19.4 Å². The summed E-state index contributed by atoms with van der Waals surface area (Å²) in [6.07, 6.45) is 7.86. The Hall–Kier alpha value is -3.16. The van der Waals surface area contributed by atoms with Gasteiger partial charge in [0.1, 0.15) is 6.26 Å². The molecule has 0 bridgehead atoms. The van der Waals surface area contributed by atoms with Gasteiger partial charge in [-0.3, -0.25) is 4.79 Å². The highest BCUT2D eigenvalue weighted by molar-refractivity contribution is 5.93. The van der Waals surface area contributed by atoms with Crippen molar-refractivity contribution in [3.63, 3.8) is 0 Å². The predicted molar refractivity (Wildman–Crippen MR) is 88.9 cm³/mol. The summed E-state index contributed by atoms with van der Waals surface area (Å²) in [6.45, 7) is 1.78. The number of aromatic nitrogens is 3. The first kappa shape index (κ1) is 16.3. The molecule has 0 spiro atoms. The number of pyridine rings is 1. The lowest BCUT2D eigenvalue weighted by atomic mass is 10.1. The molecule has 3 aromatic heterocycles. The lowest BCUT2D eigenvalue weighted by Gasteiger charge is -2.23. The Morgan fingerprint density at radius 1 is 1.38 bits per heavy atom. The Labute approximate surface area is 149 Å². The molecule has 26 heavy (non-hydrogen) atoms. The number of rotatable bonds is 4. The normalized spacial score (nSPS) is 16.8. The second kappa shape index (κ2) is 6.99. The van der Waals surface area contributed by atoms with Crippen LogP contribution in [0.3, 0.4) is 0 Å². The number of amides is 1. The van der Waals surface area contributed by atoms with Crippen LogP contribution in [0, 0.1) is 11.7 Å². The maximum atomic E-state index is 13.7. The van der Waals surface area contributed by atoms with Crippen molar-refractivity contribution in [2.24, 2.45) is 5.92 Å². The molecule has 0 saturated heterocycles. The first-order valence-electron chi connectivity index (χ1n) is 8.24. The molecule has 1 aliphatic rings. The summed E-state index contributed by atoms with van der Waals surface area (Å²) in [5.74, 6) is -0.698. The summed E-state index contributed by atoms with van der Waals surface area (Å²) in [5.41, 5.74) is 1.43. The number of imidazole rings is 1. The van der Waals surface area contributed by atoms with Crippen LogP contribution < -0.4 is 4.74 Å². The van der Waals surface area contributed by atoms with E-state index in [0.29, 0.717) is 25.2 Å². The van der Waals surface area contributed by atoms with E-state index in [4.69, 9.17) is 9.15 Å². The third kappa shape index (κ3) is 3.30. The number of nitrogens with zero attached hydrogens (tertiary/aromatic N) is 4. The van der Waals surface area contributed by atoms with E-state index >= 15 is 0 Å². The zero-order chi connectivity index (χ0) is 17.9. The fourth-order valence-corrected chi connectivity index (χ4v) is 3.05. The van der Waals surface area contributed by atoms with Gasteiger partial charge in [0.15, 0.2) is 5.82 Å². The van der Waals surface area contributed by atoms with Crippen molar-refractivity contribution >= 4 is 5.91 Å². The molecule has 134 valence electrons. The van der Waals surface area contributed by atoms with Crippen LogP contribution in [0.5, 0.6) is 5.88 Å². The Kier molecular flexibility index (Phi) is 4.39. The van der Waals surface area contributed by atoms with E-state index in [1.807, 2.05) is 4.57 Å². The fourth-order valence-electron chi connectivity index (χ4n) is 3.05. The second-order valence-electron chi connectivity index (χ2n) is 6.20. The summed E-state index contributed by atoms with van der Waals surface area (Å²) in [7, 11) is 0. The summed E-state index contributed by atoms with van der Waals surface area (Å²) < 4.78 is 26.3. The average Bonchev–Trinajstić information content (AvgIpc) is 3.29. The summed E-state index contributed by atoms with van der Waals surface area (Å²) in [6, 6.07) is 4.45. The predicted octanol–water partition coefficient (Wildman–Crippen LogP) is 2.36. The maximum absolute atomic E-state index is 13.7. The van der Waals surface area contributed by atoms with E-state index in [1.165, 1.54) is 30.9 Å². The van der Waals surface area contributed by atoms with Crippen molar-refractivity contribution in [2.75, 3.05) is 13.2 Å². The minimum Gasteiger partial charge on any atom is -0.475 e. The largest absolute Gasteiger partial charge is 0.475 e. The molecule has 0 aromatic carbocycles. The minimum absolute atomic E-state index is 0.0321. The number of carbonyl (C=O) groups excluding carboxylic acids is 1. The maximum Gasteiger partial charge on any atom is 0.257 e. The lowest BCUT2D eigenvalue weighted by Crippen LogP contribution is -2.35. The third-order valence-corrected chi connectivity index (χ3v) is 4.32. The Bertz CT molecular complexity index is 893. The topological polar surface area (TPSA) is 73.4 Å². The van der Waals surface area contributed by atoms with Gasteiger partial charge >= 0.3 is 0 Å². The standard InChI is InChI=1S/C18H17FN4O3/c19-16-2-1-4-21-17(16)26-10-13-7-22(18(24)14-3-5-25-11-14)9-15-6-20-12-23(15)8-13/h1-6,11-13H,7-10H2. The molecular weight excluding hydrogens is 339 g/mol. The second-order valence-corrected chi connectivity index (χ2v) is 6.20. The zero-order valence-corrected chi connectivity index (χ0v) is 13.9. The highest BCUT2D eigenvalue weighted by atomic mass is 19.1. The van der Waals surface area contributed by atoms with Crippen LogP contribution in [-0.4, -0.2) is 38.5 Å². The van der Waals surface area contributed by atoms with Crippen molar-refractivity contribution < 1.29 is 18.3 Å². The van der Waals surface area contributed by atoms with Crippen molar-refractivity contribution in [3.8, 4) is 5.88 Å². The number of carbonyl (C=O) groups is 1. The highest BCUT2D eigenvalue weighted by Gasteiger charge is 2.27. The SMILES string of the molecule is O=C(c1ccoc1)N1Cc2cncn2CC(COc2ncccc2F)C1. The molecular formula is C18H17FN4O3. The van der Waals surface area contributed by atoms with E-state index < -0.39 is 5.82 Å². The van der Waals surface area contributed by atoms with Crippen molar-refractivity contribution in [2.45, 2.75) is 13.1 Å². The average molecular weight is 356 g/mol. The molecule has 8 heteroatoms. The zero-order valence-electron chi connectivity index (χ0n) is 13.9. The van der Waals surface area contributed by atoms with E-state index in [-0.39, 0.29) is 24.3 Å². The number of ether oxygens (including phenoxy) is 1. The van der Waals surface area contributed by atoms with Gasteiger partial charge in [0.25, 0.3) is 5.91 Å². The van der Waals surface area contributed by atoms with Crippen LogP contribution in [0.4, 0.5) is 4.39 Å². The van der Waals surface area contributed by atoms with E-state index in [0.717, 1.165) is 5.69 Å². The van der Waals surface area contributed by atoms with E-state index in [9.17, 15) is 9.18 Å². The number of furan rings is 1. The van der Waals surface area contributed by atoms with Gasteiger partial charge in [-0.05, 0) is 18.2 Å². The number of hydrogen-bond donors (Lipinski definition) is 0. The summed E-state index contributed by atoms with van der Waals surface area (Å²) >= 11 is 0.